The number of likely N-dealkylation sites (N-methyl/N-ethyl adjacent to an activating group) is 1. The number of carbonyl (C=O) groups is 2. The number of nitrogens with zero attached hydrogens (tertiary/aromatic N) is 6. The van der Waals surface area contributed by atoms with Crippen molar-refractivity contribution >= 4 is 47.4 Å². The Labute approximate surface area is 241 Å². The van der Waals surface area contributed by atoms with E-state index in [9.17, 15) is 9.59 Å². The molecule has 3 heterocycles. The van der Waals surface area contributed by atoms with Crippen molar-refractivity contribution in [1.82, 2.24) is 25.3 Å². The first-order chi connectivity index (χ1) is 18.9. The van der Waals surface area contributed by atoms with Gasteiger partial charge in [0.25, 0.3) is 5.91 Å². The van der Waals surface area contributed by atoms with Crippen LogP contribution in [0.2, 0.25) is 0 Å². The van der Waals surface area contributed by atoms with E-state index in [1.54, 1.807) is 30.3 Å². The lowest BCUT2D eigenvalue weighted by Gasteiger charge is -2.32. The van der Waals surface area contributed by atoms with E-state index >= 15 is 0 Å². The van der Waals surface area contributed by atoms with Gasteiger partial charge in [-0.2, -0.15) is 4.98 Å². The number of nitrogens with one attached hydrogen (secondary N) is 2. The summed E-state index contributed by atoms with van der Waals surface area (Å²) in [6, 6.07) is 5.70. The standard InChI is InChI=1S/C28H38N8O3.ClH/c1-33-12-14-35(15-13-33)32-25(37)19-8-9-21(23(16-19)39-3)30-27-29-17-22-24(31-27)36(20-6-4-5-7-20)18-28(10-11-28)26(38)34(22)2;/h8-9,16-17,20H,4-7,10-15,18H2,1-3H3,(H,32,37)(H,29,30,31);1H. The third-order valence-electron chi connectivity index (χ3n) is 8.71. The highest BCUT2D eigenvalue weighted by Crippen LogP contribution is 2.52. The van der Waals surface area contributed by atoms with Crippen LogP contribution in [-0.2, 0) is 4.79 Å². The summed E-state index contributed by atoms with van der Waals surface area (Å²) in [7, 11) is 5.50. The first kappa shape index (κ1) is 28.4. The van der Waals surface area contributed by atoms with Crippen LogP contribution in [0.4, 0.5) is 23.1 Å². The van der Waals surface area contributed by atoms with Crippen molar-refractivity contribution in [1.29, 1.82) is 0 Å². The lowest BCUT2D eigenvalue weighted by molar-refractivity contribution is -0.122. The fourth-order valence-electron chi connectivity index (χ4n) is 6.03. The molecule has 11 nitrogen and oxygen atoms in total. The van der Waals surface area contributed by atoms with Crippen LogP contribution in [0.15, 0.2) is 24.4 Å². The van der Waals surface area contributed by atoms with Gasteiger partial charge in [0.2, 0.25) is 11.9 Å². The van der Waals surface area contributed by atoms with E-state index in [-0.39, 0.29) is 29.6 Å². The van der Waals surface area contributed by atoms with Crippen LogP contribution in [0.5, 0.6) is 5.75 Å². The molecule has 1 spiro atoms. The molecule has 0 bridgehead atoms. The molecule has 2 aliphatic heterocycles. The van der Waals surface area contributed by atoms with Crippen LogP contribution in [0.1, 0.15) is 48.9 Å². The van der Waals surface area contributed by atoms with E-state index in [0.29, 0.717) is 35.5 Å². The SMILES string of the molecule is COc1cc(C(=O)NN2CCN(C)CC2)ccc1Nc1ncc2c(n1)N(C1CCCC1)CC1(CC1)C(=O)N2C.Cl. The monoisotopic (exact) mass is 570 g/mol. The molecule has 1 saturated heterocycles. The third kappa shape index (κ3) is 5.42. The zero-order valence-corrected chi connectivity index (χ0v) is 24.3. The van der Waals surface area contributed by atoms with E-state index in [2.05, 4.69) is 32.6 Å². The molecule has 2 amide bonds. The number of piperazine rings is 1. The van der Waals surface area contributed by atoms with Crippen LogP contribution in [0, 0.1) is 5.41 Å². The number of benzene rings is 1. The molecule has 4 aliphatic rings. The maximum atomic E-state index is 13.3. The summed E-state index contributed by atoms with van der Waals surface area (Å²) in [5, 5.41) is 5.25. The average Bonchev–Trinajstić information content (AvgIpc) is 3.55. The fraction of sp³-hybridized carbons (Fsp3) is 0.571. The van der Waals surface area contributed by atoms with Crippen molar-refractivity contribution in [3.63, 3.8) is 0 Å². The topological polar surface area (TPSA) is 106 Å². The summed E-state index contributed by atoms with van der Waals surface area (Å²) in [4.78, 5) is 42.1. The lowest BCUT2D eigenvalue weighted by atomic mass is 10.0. The smallest absolute Gasteiger partial charge is 0.265 e. The highest BCUT2D eigenvalue weighted by Gasteiger charge is 2.55. The van der Waals surface area contributed by atoms with Gasteiger partial charge >= 0.3 is 0 Å². The molecule has 0 unspecified atom stereocenters. The summed E-state index contributed by atoms with van der Waals surface area (Å²) in [6.07, 6.45) is 8.24. The van der Waals surface area contributed by atoms with Crippen LogP contribution in [-0.4, -0.2) is 91.7 Å². The second kappa shape index (κ2) is 11.4. The van der Waals surface area contributed by atoms with E-state index < -0.39 is 0 Å². The predicted molar refractivity (Wildman–Crippen MR) is 157 cm³/mol. The summed E-state index contributed by atoms with van der Waals surface area (Å²) >= 11 is 0. The Morgan fingerprint density at radius 3 is 2.50 bits per heavy atom. The Balaban J connectivity index is 0.00000323. The summed E-state index contributed by atoms with van der Waals surface area (Å²) in [6.45, 7) is 4.11. The maximum Gasteiger partial charge on any atom is 0.265 e. The largest absolute Gasteiger partial charge is 0.495 e. The normalized spacial score (nSPS) is 21.0. The Bertz CT molecular complexity index is 1260. The average molecular weight is 571 g/mol. The number of hydrogen-bond acceptors (Lipinski definition) is 9. The summed E-state index contributed by atoms with van der Waals surface area (Å²) in [5.74, 6) is 1.76. The molecule has 3 fully saturated rings. The number of fused-ring (bicyclic) bond motifs is 1. The number of rotatable bonds is 6. The lowest BCUT2D eigenvalue weighted by Crippen LogP contribution is -2.52. The van der Waals surface area contributed by atoms with Crippen molar-refractivity contribution in [2.75, 3.05) is 69.0 Å². The van der Waals surface area contributed by atoms with E-state index in [1.807, 2.05) is 18.1 Å². The zero-order valence-electron chi connectivity index (χ0n) is 23.5. The van der Waals surface area contributed by atoms with Gasteiger partial charge in [-0.1, -0.05) is 12.8 Å². The van der Waals surface area contributed by atoms with Crippen LogP contribution >= 0.6 is 12.4 Å². The van der Waals surface area contributed by atoms with Crippen LogP contribution in [0.3, 0.4) is 0 Å². The molecule has 2 saturated carbocycles. The molecule has 2 N–H and O–H groups in total. The van der Waals surface area contributed by atoms with Gasteiger partial charge in [-0.3, -0.25) is 15.0 Å². The number of hydrogen-bond donors (Lipinski definition) is 2. The second-order valence-corrected chi connectivity index (χ2v) is 11.4. The molecule has 40 heavy (non-hydrogen) atoms. The van der Waals surface area contributed by atoms with Gasteiger partial charge in [0.15, 0.2) is 5.82 Å². The van der Waals surface area contributed by atoms with Gasteiger partial charge in [0.05, 0.1) is 24.4 Å². The van der Waals surface area contributed by atoms with Gasteiger partial charge in [-0.25, -0.2) is 9.99 Å². The number of anilines is 4. The highest BCUT2D eigenvalue weighted by molar-refractivity contribution is 6.03. The molecule has 0 radical (unpaired) electrons. The van der Waals surface area contributed by atoms with E-state index in [1.165, 1.54) is 12.8 Å². The minimum atomic E-state index is -0.296. The molecular formula is C28H39ClN8O3. The quantitative estimate of drug-likeness (QED) is 0.542. The van der Waals surface area contributed by atoms with Gasteiger partial charge in [0, 0.05) is 51.4 Å². The van der Waals surface area contributed by atoms with E-state index in [0.717, 1.165) is 63.4 Å². The first-order valence-electron chi connectivity index (χ1n) is 14.0. The fourth-order valence-corrected chi connectivity index (χ4v) is 6.03. The first-order valence-corrected chi connectivity index (χ1v) is 14.0. The summed E-state index contributed by atoms with van der Waals surface area (Å²) < 4.78 is 5.63. The molecule has 216 valence electrons. The van der Waals surface area contributed by atoms with Crippen molar-refractivity contribution in [2.45, 2.75) is 44.6 Å². The van der Waals surface area contributed by atoms with Crippen LogP contribution in [0.25, 0.3) is 0 Å². The molecule has 1 aromatic heterocycles. The number of methoxy groups -OCH3 is 1. The Kier molecular flexibility index (Phi) is 8.08. The van der Waals surface area contributed by atoms with Gasteiger partial charge in [0.1, 0.15) is 11.4 Å². The molecule has 1 aromatic carbocycles. The van der Waals surface area contributed by atoms with Crippen LogP contribution < -0.4 is 25.3 Å². The zero-order chi connectivity index (χ0) is 27.1. The van der Waals surface area contributed by atoms with Crippen molar-refractivity contribution < 1.29 is 14.3 Å². The molecule has 2 aliphatic carbocycles. The number of halogens is 1. The van der Waals surface area contributed by atoms with Gasteiger partial charge < -0.3 is 24.8 Å². The number of carbonyl (C=O) groups excluding carboxylic acids is 2. The number of hydrazine groups is 1. The highest BCUT2D eigenvalue weighted by atomic mass is 35.5. The van der Waals surface area contributed by atoms with Gasteiger partial charge in [-0.15, -0.1) is 12.4 Å². The molecule has 12 heteroatoms. The second-order valence-electron chi connectivity index (χ2n) is 11.4. The predicted octanol–water partition coefficient (Wildman–Crippen LogP) is 3.05. The minimum Gasteiger partial charge on any atom is -0.495 e. The molecule has 0 atom stereocenters. The van der Waals surface area contributed by atoms with Crippen molar-refractivity contribution in [3.05, 3.63) is 30.0 Å². The molecular weight excluding hydrogens is 532 g/mol. The molecule has 6 rings (SSSR count). The molecule has 2 aromatic rings. The third-order valence-corrected chi connectivity index (χ3v) is 8.71. The Hall–Kier alpha value is -3.15. The Morgan fingerprint density at radius 1 is 1.10 bits per heavy atom. The van der Waals surface area contributed by atoms with Crippen molar-refractivity contribution in [3.8, 4) is 5.75 Å². The maximum absolute atomic E-state index is 13.3. The van der Waals surface area contributed by atoms with Crippen molar-refractivity contribution in [2.24, 2.45) is 5.41 Å². The van der Waals surface area contributed by atoms with E-state index in [4.69, 9.17) is 9.72 Å². The number of amides is 2. The number of aromatic nitrogens is 2. The minimum absolute atomic E-state index is 0. The Morgan fingerprint density at radius 2 is 1.82 bits per heavy atom. The number of ether oxygens (including phenoxy) is 1. The van der Waals surface area contributed by atoms with Gasteiger partial charge in [-0.05, 0) is 50.9 Å². The summed E-state index contributed by atoms with van der Waals surface area (Å²) in [5.41, 5.74) is 4.63.